The molecule has 2 nitrogen and oxygen atoms in total. The highest BCUT2D eigenvalue weighted by Gasteiger charge is 2.25. The number of hydrogen-bond donors (Lipinski definition) is 1. The molecule has 0 heterocycles. The number of carbonyl (C=O) groups excluding carboxylic acids is 1. The molecule has 0 saturated carbocycles. The Morgan fingerprint density at radius 2 is 1.65 bits per heavy atom. The third kappa shape index (κ3) is 3.17. The first-order valence-corrected chi connectivity index (χ1v) is 8.28. The maximum Gasteiger partial charge on any atom is 0.160 e. The molecule has 0 aliphatic heterocycles. The summed E-state index contributed by atoms with van der Waals surface area (Å²) in [5.74, 6) is 0.513. The van der Waals surface area contributed by atoms with Gasteiger partial charge in [0.1, 0.15) is 5.75 Å². The predicted octanol–water partition coefficient (Wildman–Crippen LogP) is 5.45. The van der Waals surface area contributed by atoms with Crippen molar-refractivity contribution in [1.29, 1.82) is 0 Å². The van der Waals surface area contributed by atoms with E-state index < -0.39 is 0 Å². The number of phenolic OH excluding ortho intramolecular Hbond substituents is 1. The van der Waals surface area contributed by atoms with Crippen LogP contribution in [-0.2, 0) is 0 Å². The van der Waals surface area contributed by atoms with E-state index in [1.807, 2.05) is 39.0 Å². The summed E-state index contributed by atoms with van der Waals surface area (Å²) in [4.78, 5) is 12.1. The molecule has 122 valence electrons. The van der Waals surface area contributed by atoms with Crippen LogP contribution in [0.5, 0.6) is 5.75 Å². The van der Waals surface area contributed by atoms with Crippen LogP contribution in [0.1, 0.15) is 70.8 Å². The van der Waals surface area contributed by atoms with Gasteiger partial charge in [-0.2, -0.15) is 0 Å². The average Bonchev–Trinajstić information content (AvgIpc) is 2.52. The van der Waals surface area contributed by atoms with Crippen molar-refractivity contribution in [3.05, 3.63) is 63.7 Å². The molecular weight excluding hydrogens is 284 g/mol. The molecule has 1 N–H and O–H groups in total. The molecule has 2 rings (SSSR count). The van der Waals surface area contributed by atoms with E-state index in [-0.39, 0.29) is 11.7 Å². The van der Waals surface area contributed by atoms with Crippen LogP contribution in [0.3, 0.4) is 0 Å². The van der Waals surface area contributed by atoms with Crippen molar-refractivity contribution in [2.24, 2.45) is 0 Å². The third-order valence-corrected chi connectivity index (χ3v) is 4.81. The van der Waals surface area contributed by atoms with Crippen molar-refractivity contribution in [3.63, 3.8) is 0 Å². The van der Waals surface area contributed by atoms with Gasteiger partial charge in [-0.15, -0.1) is 0 Å². The number of rotatable bonds is 5. The fraction of sp³-hybridized carbons (Fsp3) is 0.381. The molecule has 0 fully saturated rings. The van der Waals surface area contributed by atoms with Crippen molar-refractivity contribution >= 4 is 5.78 Å². The Hall–Kier alpha value is -2.09. The Morgan fingerprint density at radius 1 is 1.04 bits per heavy atom. The standard InChI is InChI=1S/C21H26O2/c1-6-10-18(17-11-8-7-9-12-17)20-15(4)19(16(5)22)13(2)14(3)21(20)23/h7-9,11-12,18,23H,6,10H2,1-5H3/t18-/m0/s1. The van der Waals surface area contributed by atoms with Gasteiger partial charge in [-0.05, 0) is 56.4 Å². The number of carbonyl (C=O) groups is 1. The van der Waals surface area contributed by atoms with Crippen LogP contribution in [0.25, 0.3) is 0 Å². The van der Waals surface area contributed by atoms with Crippen LogP contribution in [-0.4, -0.2) is 10.9 Å². The minimum atomic E-state index is 0.0626. The molecule has 0 bridgehead atoms. The van der Waals surface area contributed by atoms with Crippen LogP contribution < -0.4 is 0 Å². The summed E-state index contributed by atoms with van der Waals surface area (Å²) in [6, 6.07) is 10.2. The number of aromatic hydroxyl groups is 1. The zero-order chi connectivity index (χ0) is 17.1. The minimum absolute atomic E-state index is 0.0626. The Kier molecular flexibility index (Phi) is 5.25. The summed E-state index contributed by atoms with van der Waals surface area (Å²) in [6.07, 6.45) is 1.96. The lowest BCUT2D eigenvalue weighted by Gasteiger charge is -2.25. The van der Waals surface area contributed by atoms with Gasteiger partial charge >= 0.3 is 0 Å². The normalized spacial score (nSPS) is 12.2. The summed E-state index contributed by atoms with van der Waals surface area (Å²) < 4.78 is 0. The van der Waals surface area contributed by atoms with Crippen LogP contribution in [0, 0.1) is 20.8 Å². The molecule has 0 aliphatic carbocycles. The van der Waals surface area contributed by atoms with Gasteiger partial charge in [-0.3, -0.25) is 4.79 Å². The highest BCUT2D eigenvalue weighted by molar-refractivity contribution is 5.98. The molecule has 0 aliphatic rings. The molecule has 0 amide bonds. The first-order valence-electron chi connectivity index (χ1n) is 8.28. The number of phenols is 1. The van der Waals surface area contributed by atoms with Gasteiger partial charge in [0.2, 0.25) is 0 Å². The lowest BCUT2D eigenvalue weighted by atomic mass is 9.80. The van der Waals surface area contributed by atoms with Crippen molar-refractivity contribution in [3.8, 4) is 5.75 Å². The molecule has 0 aromatic heterocycles. The Morgan fingerprint density at radius 3 is 2.17 bits per heavy atom. The van der Waals surface area contributed by atoms with E-state index in [1.165, 1.54) is 5.56 Å². The zero-order valence-corrected chi connectivity index (χ0v) is 14.7. The van der Waals surface area contributed by atoms with Gasteiger partial charge in [0.15, 0.2) is 5.78 Å². The Labute approximate surface area is 139 Å². The van der Waals surface area contributed by atoms with E-state index in [2.05, 4.69) is 19.1 Å². The van der Waals surface area contributed by atoms with E-state index >= 15 is 0 Å². The molecule has 1 atom stereocenters. The maximum absolute atomic E-state index is 12.1. The van der Waals surface area contributed by atoms with E-state index in [1.54, 1.807) is 6.92 Å². The quantitative estimate of drug-likeness (QED) is 0.745. The van der Waals surface area contributed by atoms with Crippen LogP contribution in [0.15, 0.2) is 30.3 Å². The van der Waals surface area contributed by atoms with Gasteiger partial charge < -0.3 is 5.11 Å². The molecule has 23 heavy (non-hydrogen) atoms. The van der Waals surface area contributed by atoms with E-state index in [0.29, 0.717) is 5.75 Å². The summed E-state index contributed by atoms with van der Waals surface area (Å²) in [6.45, 7) is 9.53. The summed E-state index contributed by atoms with van der Waals surface area (Å²) >= 11 is 0. The monoisotopic (exact) mass is 310 g/mol. The molecule has 2 aromatic carbocycles. The fourth-order valence-corrected chi connectivity index (χ4v) is 3.57. The third-order valence-electron chi connectivity index (χ3n) is 4.81. The van der Waals surface area contributed by atoms with Crippen LogP contribution in [0.2, 0.25) is 0 Å². The second-order valence-corrected chi connectivity index (χ2v) is 6.32. The maximum atomic E-state index is 12.1. The largest absolute Gasteiger partial charge is 0.507 e. The summed E-state index contributed by atoms with van der Waals surface area (Å²) in [7, 11) is 0. The van der Waals surface area contributed by atoms with Gasteiger partial charge in [0, 0.05) is 17.0 Å². The molecule has 2 aromatic rings. The van der Waals surface area contributed by atoms with Crippen molar-refractivity contribution in [2.75, 3.05) is 0 Å². The molecule has 0 saturated heterocycles. The van der Waals surface area contributed by atoms with Gasteiger partial charge in [0.05, 0.1) is 0 Å². The molecule has 0 unspecified atom stereocenters. The van der Waals surface area contributed by atoms with Crippen LogP contribution >= 0.6 is 0 Å². The Balaban J connectivity index is 2.76. The predicted molar refractivity (Wildman–Crippen MR) is 95.5 cm³/mol. The highest BCUT2D eigenvalue weighted by Crippen LogP contribution is 2.41. The SMILES string of the molecule is CCC[C@@H](c1ccccc1)c1c(C)c(C(C)=O)c(C)c(C)c1O. The molecular formula is C21H26O2. The second kappa shape index (κ2) is 6.99. The van der Waals surface area contributed by atoms with Gasteiger partial charge in [-0.25, -0.2) is 0 Å². The summed E-state index contributed by atoms with van der Waals surface area (Å²) in [5, 5.41) is 10.8. The van der Waals surface area contributed by atoms with Gasteiger partial charge in [0.25, 0.3) is 0 Å². The lowest BCUT2D eigenvalue weighted by molar-refractivity contribution is 0.101. The first-order chi connectivity index (χ1) is 10.9. The number of ketones is 1. The average molecular weight is 310 g/mol. The van der Waals surface area contributed by atoms with Gasteiger partial charge in [-0.1, -0.05) is 43.7 Å². The Bertz CT molecular complexity index is 715. The number of benzene rings is 2. The van der Waals surface area contributed by atoms with Crippen molar-refractivity contribution in [1.82, 2.24) is 0 Å². The minimum Gasteiger partial charge on any atom is -0.507 e. The van der Waals surface area contributed by atoms with Crippen molar-refractivity contribution < 1.29 is 9.90 Å². The van der Waals surface area contributed by atoms with Crippen molar-refractivity contribution in [2.45, 2.75) is 53.4 Å². The van der Waals surface area contributed by atoms with E-state index in [4.69, 9.17) is 0 Å². The highest BCUT2D eigenvalue weighted by atomic mass is 16.3. The first kappa shape index (κ1) is 17.3. The second-order valence-electron chi connectivity index (χ2n) is 6.32. The summed E-state index contributed by atoms with van der Waals surface area (Å²) in [5.41, 5.74) is 5.47. The van der Waals surface area contributed by atoms with E-state index in [9.17, 15) is 9.90 Å². The number of Topliss-reactive ketones (excluding diaryl/α,β-unsaturated/α-hetero) is 1. The molecule has 0 radical (unpaired) electrons. The fourth-order valence-electron chi connectivity index (χ4n) is 3.57. The van der Waals surface area contributed by atoms with Crippen LogP contribution in [0.4, 0.5) is 0 Å². The molecule has 0 spiro atoms. The topological polar surface area (TPSA) is 37.3 Å². The molecule has 2 heteroatoms. The lowest BCUT2D eigenvalue weighted by Crippen LogP contribution is -2.11. The zero-order valence-electron chi connectivity index (χ0n) is 14.7. The smallest absolute Gasteiger partial charge is 0.160 e. The number of hydrogen-bond acceptors (Lipinski definition) is 2. The van der Waals surface area contributed by atoms with E-state index in [0.717, 1.165) is 40.7 Å².